The van der Waals surface area contributed by atoms with Crippen molar-refractivity contribution in [2.24, 2.45) is 5.41 Å². The van der Waals surface area contributed by atoms with Crippen LogP contribution in [-0.2, 0) is 13.1 Å². The Kier molecular flexibility index (Phi) is 5.00. The van der Waals surface area contributed by atoms with Crippen LogP contribution in [0.15, 0.2) is 24.3 Å². The van der Waals surface area contributed by atoms with E-state index in [4.69, 9.17) is 0 Å². The molecular formula is C17H28N2. The Morgan fingerprint density at radius 1 is 1.16 bits per heavy atom. The molecule has 0 saturated heterocycles. The topological polar surface area (TPSA) is 15.3 Å². The molecule has 2 rings (SSSR count). The Morgan fingerprint density at radius 2 is 1.79 bits per heavy atom. The van der Waals surface area contributed by atoms with Crippen molar-refractivity contribution in [3.63, 3.8) is 0 Å². The molecule has 0 bridgehead atoms. The summed E-state index contributed by atoms with van der Waals surface area (Å²) in [7, 11) is 0. The number of hydrogen-bond donors (Lipinski definition) is 1. The summed E-state index contributed by atoms with van der Waals surface area (Å²) >= 11 is 0. The second-order valence-corrected chi connectivity index (χ2v) is 6.25. The van der Waals surface area contributed by atoms with Crippen LogP contribution in [0.2, 0.25) is 0 Å². The van der Waals surface area contributed by atoms with Gasteiger partial charge in [-0.05, 0) is 35.9 Å². The van der Waals surface area contributed by atoms with E-state index >= 15 is 0 Å². The van der Waals surface area contributed by atoms with Crippen molar-refractivity contribution in [2.75, 3.05) is 19.6 Å². The zero-order valence-corrected chi connectivity index (χ0v) is 12.7. The first-order chi connectivity index (χ1) is 9.17. The number of rotatable bonds is 7. The molecule has 0 aromatic heterocycles. The Balaban J connectivity index is 1.90. The molecule has 2 nitrogen and oxygen atoms in total. The zero-order chi connectivity index (χ0) is 13.7. The second-order valence-electron chi connectivity index (χ2n) is 6.25. The van der Waals surface area contributed by atoms with Crippen LogP contribution in [0, 0.1) is 5.41 Å². The summed E-state index contributed by atoms with van der Waals surface area (Å²) in [6.07, 6.45) is 2.45. The van der Waals surface area contributed by atoms with Gasteiger partial charge in [-0.25, -0.2) is 0 Å². The van der Waals surface area contributed by atoms with Crippen molar-refractivity contribution in [1.82, 2.24) is 10.2 Å². The van der Waals surface area contributed by atoms with E-state index in [1.807, 2.05) is 0 Å². The van der Waals surface area contributed by atoms with E-state index in [0.29, 0.717) is 5.41 Å². The Bertz CT molecular complexity index is 377. The molecule has 1 unspecified atom stereocenters. The van der Waals surface area contributed by atoms with Crippen molar-refractivity contribution in [2.45, 2.75) is 46.7 Å². The molecule has 1 aliphatic heterocycles. The fraction of sp³-hybridized carbons (Fsp3) is 0.647. The summed E-state index contributed by atoms with van der Waals surface area (Å²) in [6, 6.07) is 8.86. The zero-order valence-electron chi connectivity index (χ0n) is 12.7. The third kappa shape index (κ3) is 3.80. The van der Waals surface area contributed by atoms with Gasteiger partial charge in [0.2, 0.25) is 0 Å². The van der Waals surface area contributed by atoms with Crippen molar-refractivity contribution < 1.29 is 0 Å². The summed E-state index contributed by atoms with van der Waals surface area (Å²) < 4.78 is 0. The van der Waals surface area contributed by atoms with Gasteiger partial charge in [0.1, 0.15) is 0 Å². The van der Waals surface area contributed by atoms with E-state index in [-0.39, 0.29) is 0 Å². The van der Waals surface area contributed by atoms with Crippen LogP contribution in [0.3, 0.4) is 0 Å². The van der Waals surface area contributed by atoms with E-state index in [1.54, 1.807) is 0 Å². The standard InChI is InChI=1S/C17H28N2/c1-4-10-18-13-17(3,5-2)14-19-11-15-8-6-7-9-16(15)12-19/h6-9,18H,4-5,10-14H2,1-3H3. The van der Waals surface area contributed by atoms with E-state index in [1.165, 1.54) is 30.5 Å². The highest BCUT2D eigenvalue weighted by Crippen LogP contribution is 2.28. The third-order valence-corrected chi connectivity index (χ3v) is 4.34. The van der Waals surface area contributed by atoms with Gasteiger partial charge in [0.05, 0.1) is 0 Å². The normalized spacial score (nSPS) is 18.3. The SMILES string of the molecule is CCCNCC(C)(CC)CN1Cc2ccccc2C1. The maximum Gasteiger partial charge on any atom is 0.0240 e. The van der Waals surface area contributed by atoms with Crippen molar-refractivity contribution in [3.05, 3.63) is 35.4 Å². The first kappa shape index (κ1) is 14.5. The molecule has 1 aromatic carbocycles. The molecule has 0 fully saturated rings. The Morgan fingerprint density at radius 3 is 2.32 bits per heavy atom. The predicted octanol–water partition coefficient (Wildman–Crippen LogP) is 3.42. The van der Waals surface area contributed by atoms with Crippen LogP contribution in [0.5, 0.6) is 0 Å². The molecule has 0 amide bonds. The predicted molar refractivity (Wildman–Crippen MR) is 82.1 cm³/mol. The Labute approximate surface area is 118 Å². The smallest absolute Gasteiger partial charge is 0.0240 e. The highest BCUT2D eigenvalue weighted by atomic mass is 15.1. The fourth-order valence-corrected chi connectivity index (χ4v) is 2.91. The molecule has 106 valence electrons. The molecule has 1 aromatic rings. The molecule has 0 aliphatic carbocycles. The first-order valence-electron chi connectivity index (χ1n) is 7.67. The quantitative estimate of drug-likeness (QED) is 0.756. The van der Waals surface area contributed by atoms with Crippen LogP contribution < -0.4 is 5.32 Å². The number of nitrogens with one attached hydrogen (secondary N) is 1. The largest absolute Gasteiger partial charge is 0.316 e. The minimum Gasteiger partial charge on any atom is -0.316 e. The molecule has 1 N–H and O–H groups in total. The van der Waals surface area contributed by atoms with Crippen molar-refractivity contribution in [3.8, 4) is 0 Å². The number of nitrogens with zero attached hydrogens (tertiary/aromatic N) is 1. The molecule has 19 heavy (non-hydrogen) atoms. The molecule has 0 saturated carbocycles. The Hall–Kier alpha value is -0.860. The van der Waals surface area contributed by atoms with Gasteiger partial charge in [-0.15, -0.1) is 0 Å². The average Bonchev–Trinajstić information content (AvgIpc) is 2.81. The molecule has 0 spiro atoms. The second kappa shape index (κ2) is 6.53. The molecule has 1 heterocycles. The summed E-state index contributed by atoms with van der Waals surface area (Å²) in [4.78, 5) is 2.60. The summed E-state index contributed by atoms with van der Waals surface area (Å²) in [6.45, 7) is 12.7. The van der Waals surface area contributed by atoms with Crippen molar-refractivity contribution >= 4 is 0 Å². The molecule has 1 aliphatic rings. The van der Waals surface area contributed by atoms with Gasteiger partial charge in [-0.2, -0.15) is 0 Å². The van der Waals surface area contributed by atoms with Crippen LogP contribution in [-0.4, -0.2) is 24.5 Å². The van der Waals surface area contributed by atoms with Crippen LogP contribution >= 0.6 is 0 Å². The molecule has 2 heteroatoms. The summed E-state index contributed by atoms with van der Waals surface area (Å²) in [5, 5.41) is 3.60. The minimum atomic E-state index is 0.386. The molecule has 1 atom stereocenters. The highest BCUT2D eigenvalue weighted by molar-refractivity contribution is 5.30. The van der Waals surface area contributed by atoms with Gasteiger partial charge in [-0.1, -0.05) is 45.0 Å². The lowest BCUT2D eigenvalue weighted by atomic mass is 9.86. The number of benzene rings is 1. The monoisotopic (exact) mass is 260 g/mol. The number of fused-ring (bicyclic) bond motifs is 1. The summed E-state index contributed by atoms with van der Waals surface area (Å²) in [5.74, 6) is 0. The van der Waals surface area contributed by atoms with Crippen LogP contribution in [0.1, 0.15) is 44.7 Å². The van der Waals surface area contributed by atoms with Gasteiger partial charge in [0.25, 0.3) is 0 Å². The fourth-order valence-electron chi connectivity index (χ4n) is 2.91. The van der Waals surface area contributed by atoms with Gasteiger partial charge < -0.3 is 5.32 Å². The van der Waals surface area contributed by atoms with Crippen molar-refractivity contribution in [1.29, 1.82) is 0 Å². The molecular weight excluding hydrogens is 232 g/mol. The van der Waals surface area contributed by atoms with Gasteiger partial charge >= 0.3 is 0 Å². The van der Waals surface area contributed by atoms with Gasteiger partial charge in [0, 0.05) is 26.2 Å². The highest BCUT2D eigenvalue weighted by Gasteiger charge is 2.28. The van der Waals surface area contributed by atoms with Gasteiger partial charge in [-0.3, -0.25) is 4.90 Å². The van der Waals surface area contributed by atoms with Gasteiger partial charge in [0.15, 0.2) is 0 Å². The lowest BCUT2D eigenvalue weighted by molar-refractivity contribution is 0.155. The van der Waals surface area contributed by atoms with E-state index in [0.717, 1.165) is 26.2 Å². The number of hydrogen-bond acceptors (Lipinski definition) is 2. The third-order valence-electron chi connectivity index (χ3n) is 4.34. The molecule has 0 radical (unpaired) electrons. The lowest BCUT2D eigenvalue weighted by Crippen LogP contribution is -2.40. The maximum atomic E-state index is 3.60. The van der Waals surface area contributed by atoms with E-state index < -0.39 is 0 Å². The maximum absolute atomic E-state index is 3.60. The minimum absolute atomic E-state index is 0.386. The average molecular weight is 260 g/mol. The first-order valence-corrected chi connectivity index (χ1v) is 7.67. The summed E-state index contributed by atoms with van der Waals surface area (Å²) in [5.41, 5.74) is 3.42. The van der Waals surface area contributed by atoms with Crippen LogP contribution in [0.4, 0.5) is 0 Å². The lowest BCUT2D eigenvalue weighted by Gasteiger charge is -2.33. The van der Waals surface area contributed by atoms with E-state index in [9.17, 15) is 0 Å². The van der Waals surface area contributed by atoms with E-state index in [2.05, 4.69) is 55.3 Å². The van der Waals surface area contributed by atoms with Crippen LogP contribution in [0.25, 0.3) is 0 Å².